The van der Waals surface area contributed by atoms with E-state index in [0.717, 1.165) is 16.8 Å². The van der Waals surface area contributed by atoms with Gasteiger partial charge in [0, 0.05) is 18.8 Å². The zero-order valence-electron chi connectivity index (χ0n) is 12.9. The Morgan fingerprint density at radius 1 is 0.826 bits per heavy atom. The van der Waals surface area contributed by atoms with Gasteiger partial charge >= 0.3 is 0 Å². The van der Waals surface area contributed by atoms with Crippen molar-refractivity contribution >= 4 is 17.8 Å². The Hall–Kier alpha value is -2.61. The van der Waals surface area contributed by atoms with E-state index in [1.807, 2.05) is 53.5 Å². The van der Waals surface area contributed by atoms with Crippen LogP contribution in [0.15, 0.2) is 48.5 Å². The van der Waals surface area contributed by atoms with Crippen molar-refractivity contribution in [3.05, 3.63) is 65.2 Å². The lowest BCUT2D eigenvalue weighted by Crippen LogP contribution is -2.29. The zero-order chi connectivity index (χ0) is 16.5. The Kier molecular flexibility index (Phi) is 6.37. The number of aliphatic hydroxyl groups is 2. The van der Waals surface area contributed by atoms with Crippen LogP contribution in [0.5, 0.6) is 0 Å². The molecule has 4 nitrogen and oxygen atoms in total. The minimum Gasteiger partial charge on any atom is -0.395 e. The molecule has 0 radical (unpaired) electrons. The number of rotatable bonds is 7. The Labute approximate surface area is 136 Å². The number of nitriles is 1. The quantitative estimate of drug-likeness (QED) is 0.771. The van der Waals surface area contributed by atoms with Gasteiger partial charge in [-0.15, -0.1) is 0 Å². The van der Waals surface area contributed by atoms with Crippen molar-refractivity contribution in [2.24, 2.45) is 0 Å². The first-order valence-electron chi connectivity index (χ1n) is 7.52. The van der Waals surface area contributed by atoms with Gasteiger partial charge in [0.05, 0.1) is 24.8 Å². The molecule has 0 saturated heterocycles. The Balaban J connectivity index is 2.06. The van der Waals surface area contributed by atoms with E-state index in [4.69, 9.17) is 15.5 Å². The van der Waals surface area contributed by atoms with Crippen molar-refractivity contribution in [1.29, 1.82) is 5.26 Å². The number of benzene rings is 2. The summed E-state index contributed by atoms with van der Waals surface area (Å²) in [6.45, 7) is 1.11. The molecule has 0 aliphatic rings. The monoisotopic (exact) mass is 308 g/mol. The first-order valence-corrected chi connectivity index (χ1v) is 7.52. The number of hydrogen-bond acceptors (Lipinski definition) is 4. The molecule has 118 valence electrons. The lowest BCUT2D eigenvalue weighted by Gasteiger charge is -2.22. The van der Waals surface area contributed by atoms with Crippen molar-refractivity contribution in [3.63, 3.8) is 0 Å². The highest BCUT2D eigenvalue weighted by atomic mass is 16.3. The molecular formula is C19H20N2O2. The van der Waals surface area contributed by atoms with Crippen LogP contribution >= 0.6 is 0 Å². The zero-order valence-corrected chi connectivity index (χ0v) is 12.9. The van der Waals surface area contributed by atoms with Gasteiger partial charge < -0.3 is 15.1 Å². The van der Waals surface area contributed by atoms with Crippen LogP contribution in [0.2, 0.25) is 0 Å². The van der Waals surface area contributed by atoms with E-state index in [1.54, 1.807) is 12.1 Å². The smallest absolute Gasteiger partial charge is 0.0991 e. The van der Waals surface area contributed by atoms with Crippen LogP contribution in [0.4, 0.5) is 5.69 Å². The van der Waals surface area contributed by atoms with Crippen LogP contribution in [0.3, 0.4) is 0 Å². The van der Waals surface area contributed by atoms with E-state index in [1.165, 1.54) is 0 Å². The summed E-state index contributed by atoms with van der Waals surface area (Å²) < 4.78 is 0. The predicted octanol–water partition coefficient (Wildman–Crippen LogP) is 2.52. The molecule has 2 aromatic carbocycles. The molecule has 0 aromatic heterocycles. The summed E-state index contributed by atoms with van der Waals surface area (Å²) in [6.07, 6.45) is 4.00. The van der Waals surface area contributed by atoms with Crippen LogP contribution in [-0.4, -0.2) is 36.5 Å². The highest BCUT2D eigenvalue weighted by Gasteiger charge is 2.04. The normalized spacial score (nSPS) is 10.7. The molecule has 0 amide bonds. The highest BCUT2D eigenvalue weighted by Crippen LogP contribution is 2.16. The molecule has 0 bridgehead atoms. The summed E-state index contributed by atoms with van der Waals surface area (Å²) in [5.74, 6) is 0. The maximum atomic E-state index is 9.07. The highest BCUT2D eigenvalue weighted by molar-refractivity contribution is 5.70. The van der Waals surface area contributed by atoms with Crippen molar-refractivity contribution in [3.8, 4) is 6.07 Å². The fraction of sp³-hybridized carbons (Fsp3) is 0.211. The van der Waals surface area contributed by atoms with Crippen LogP contribution in [0.1, 0.15) is 16.7 Å². The van der Waals surface area contributed by atoms with Gasteiger partial charge in [-0.25, -0.2) is 0 Å². The SMILES string of the molecule is N#Cc1ccc(/C=C/c2ccc(N(CCO)CCO)cc2)cc1. The molecule has 0 unspecified atom stereocenters. The second kappa shape index (κ2) is 8.74. The van der Waals surface area contributed by atoms with Gasteiger partial charge in [0.15, 0.2) is 0 Å². The van der Waals surface area contributed by atoms with E-state index < -0.39 is 0 Å². The van der Waals surface area contributed by atoms with E-state index in [9.17, 15) is 0 Å². The summed E-state index contributed by atoms with van der Waals surface area (Å²) in [5, 5.41) is 26.9. The van der Waals surface area contributed by atoms with Crippen molar-refractivity contribution in [1.82, 2.24) is 0 Å². The van der Waals surface area contributed by atoms with Gasteiger partial charge in [-0.3, -0.25) is 0 Å². The third-order valence-electron chi connectivity index (χ3n) is 3.51. The van der Waals surface area contributed by atoms with Gasteiger partial charge in [-0.2, -0.15) is 5.26 Å². The number of anilines is 1. The first kappa shape index (κ1) is 16.8. The van der Waals surface area contributed by atoms with E-state index in [2.05, 4.69) is 6.07 Å². The molecule has 0 heterocycles. The second-order valence-corrected chi connectivity index (χ2v) is 5.09. The van der Waals surface area contributed by atoms with Crippen LogP contribution in [-0.2, 0) is 0 Å². The molecule has 0 atom stereocenters. The van der Waals surface area contributed by atoms with Crippen molar-refractivity contribution in [2.45, 2.75) is 0 Å². The molecule has 2 aromatic rings. The molecular weight excluding hydrogens is 288 g/mol. The van der Waals surface area contributed by atoms with Gasteiger partial charge in [0.25, 0.3) is 0 Å². The first-order chi connectivity index (χ1) is 11.3. The van der Waals surface area contributed by atoms with E-state index in [-0.39, 0.29) is 13.2 Å². The average molecular weight is 308 g/mol. The topological polar surface area (TPSA) is 67.5 Å². The maximum absolute atomic E-state index is 9.07. The van der Waals surface area contributed by atoms with Crippen molar-refractivity contribution in [2.75, 3.05) is 31.2 Å². The molecule has 23 heavy (non-hydrogen) atoms. The number of nitrogens with zero attached hydrogens (tertiary/aromatic N) is 2. The lowest BCUT2D eigenvalue weighted by atomic mass is 10.1. The van der Waals surface area contributed by atoms with E-state index in [0.29, 0.717) is 18.7 Å². The molecule has 4 heteroatoms. The maximum Gasteiger partial charge on any atom is 0.0991 e. The Bertz CT molecular complexity index is 664. The fourth-order valence-electron chi connectivity index (χ4n) is 2.27. The van der Waals surface area contributed by atoms with Gasteiger partial charge in [-0.1, -0.05) is 36.4 Å². The average Bonchev–Trinajstić information content (AvgIpc) is 2.61. The van der Waals surface area contributed by atoms with E-state index >= 15 is 0 Å². The number of hydrogen-bond donors (Lipinski definition) is 2. The molecule has 2 N–H and O–H groups in total. The van der Waals surface area contributed by atoms with Crippen LogP contribution in [0.25, 0.3) is 12.2 Å². The predicted molar refractivity (Wildman–Crippen MR) is 92.9 cm³/mol. The molecule has 0 saturated carbocycles. The third-order valence-corrected chi connectivity index (χ3v) is 3.51. The minimum atomic E-state index is 0.0559. The van der Waals surface area contributed by atoms with Crippen molar-refractivity contribution < 1.29 is 10.2 Å². The Morgan fingerprint density at radius 2 is 1.30 bits per heavy atom. The summed E-state index contributed by atoms with van der Waals surface area (Å²) in [6, 6.07) is 17.5. The summed E-state index contributed by atoms with van der Waals surface area (Å²) in [5.41, 5.74) is 3.73. The third kappa shape index (κ3) is 4.96. The fourth-order valence-corrected chi connectivity index (χ4v) is 2.27. The molecule has 0 spiro atoms. The van der Waals surface area contributed by atoms with Gasteiger partial charge in [0.1, 0.15) is 0 Å². The summed E-state index contributed by atoms with van der Waals surface area (Å²) >= 11 is 0. The molecule has 0 aliphatic heterocycles. The summed E-state index contributed by atoms with van der Waals surface area (Å²) in [7, 11) is 0. The molecule has 0 fully saturated rings. The number of aliphatic hydroxyl groups excluding tert-OH is 2. The van der Waals surface area contributed by atoms with Crippen LogP contribution in [0, 0.1) is 11.3 Å². The molecule has 2 rings (SSSR count). The minimum absolute atomic E-state index is 0.0559. The van der Waals surface area contributed by atoms with Crippen LogP contribution < -0.4 is 4.90 Å². The Morgan fingerprint density at radius 3 is 1.74 bits per heavy atom. The van der Waals surface area contributed by atoms with Gasteiger partial charge in [0.2, 0.25) is 0 Å². The lowest BCUT2D eigenvalue weighted by molar-refractivity contribution is 0.281. The largest absolute Gasteiger partial charge is 0.395 e. The van der Waals surface area contributed by atoms with Gasteiger partial charge in [-0.05, 0) is 35.4 Å². The summed E-state index contributed by atoms with van der Waals surface area (Å²) in [4.78, 5) is 1.94. The second-order valence-electron chi connectivity index (χ2n) is 5.09. The molecule has 0 aliphatic carbocycles. The standard InChI is InChI=1S/C19H20N2O2/c20-15-18-5-3-16(4-6-18)1-2-17-7-9-19(10-8-17)21(11-13-22)12-14-23/h1-10,22-23H,11-14H2/b2-1+.